The van der Waals surface area contributed by atoms with Gasteiger partial charge in [-0.1, -0.05) is 30.3 Å². The third-order valence-electron chi connectivity index (χ3n) is 2.69. The Morgan fingerprint density at radius 2 is 2.16 bits per heavy atom. The standard InChI is InChI=1S/C13H14N4O2/c14-16-19-13-15-8-9-17(13)10-12(18)7-6-11-4-2-1-3-5-11/h1-5,8-9,14H,6-7,10H2. The summed E-state index contributed by atoms with van der Waals surface area (Å²) in [5, 5.41) is 2.80. The van der Waals surface area contributed by atoms with Crippen molar-refractivity contribution in [2.45, 2.75) is 19.4 Å². The van der Waals surface area contributed by atoms with Crippen LogP contribution in [0.1, 0.15) is 12.0 Å². The third-order valence-corrected chi connectivity index (χ3v) is 2.69. The number of hydrogen-bond donors (Lipinski definition) is 1. The number of imidazole rings is 1. The lowest BCUT2D eigenvalue weighted by atomic mass is 10.1. The minimum absolute atomic E-state index is 0.0803. The van der Waals surface area contributed by atoms with E-state index in [2.05, 4.69) is 15.1 Å². The first-order chi connectivity index (χ1) is 9.29. The fraction of sp³-hybridized carbons (Fsp3) is 0.231. The maximum absolute atomic E-state index is 11.9. The summed E-state index contributed by atoms with van der Waals surface area (Å²) in [6.07, 6.45) is 4.30. The molecule has 98 valence electrons. The average Bonchev–Trinajstić information content (AvgIpc) is 2.85. The van der Waals surface area contributed by atoms with Crippen LogP contribution in [0, 0.1) is 5.53 Å². The van der Waals surface area contributed by atoms with E-state index in [0.717, 1.165) is 5.56 Å². The number of carbonyl (C=O) groups is 1. The minimum Gasteiger partial charge on any atom is -0.299 e. The number of ketones is 1. The summed E-state index contributed by atoms with van der Waals surface area (Å²) in [5.74, 6) is 0.0803. The van der Waals surface area contributed by atoms with E-state index in [1.165, 1.54) is 10.8 Å². The van der Waals surface area contributed by atoms with Crippen LogP contribution in [-0.4, -0.2) is 15.3 Å². The zero-order valence-corrected chi connectivity index (χ0v) is 10.3. The number of nitrogens with one attached hydrogen (secondary N) is 1. The van der Waals surface area contributed by atoms with Crippen LogP contribution in [0.3, 0.4) is 0 Å². The van der Waals surface area contributed by atoms with Crippen molar-refractivity contribution < 1.29 is 9.63 Å². The molecule has 0 aliphatic heterocycles. The second kappa shape index (κ2) is 6.44. The normalized spacial score (nSPS) is 10.1. The summed E-state index contributed by atoms with van der Waals surface area (Å²) in [7, 11) is 0. The molecule has 0 unspecified atom stereocenters. The maximum Gasteiger partial charge on any atom is 0.328 e. The molecule has 0 aliphatic carbocycles. The molecule has 0 spiro atoms. The molecule has 0 saturated carbocycles. The number of carbonyl (C=O) groups excluding carboxylic acids is 1. The summed E-state index contributed by atoms with van der Waals surface area (Å²) >= 11 is 0. The van der Waals surface area contributed by atoms with Crippen LogP contribution < -0.4 is 4.84 Å². The van der Waals surface area contributed by atoms with E-state index in [-0.39, 0.29) is 18.3 Å². The molecule has 19 heavy (non-hydrogen) atoms. The quantitative estimate of drug-likeness (QED) is 0.611. The summed E-state index contributed by atoms with van der Waals surface area (Å²) in [6.45, 7) is 0.178. The van der Waals surface area contributed by atoms with E-state index in [1.807, 2.05) is 30.3 Å². The Hall–Kier alpha value is -2.50. The SMILES string of the molecule is N=NOc1nccn1CC(=O)CCc1ccccc1. The zero-order chi connectivity index (χ0) is 13.5. The molecule has 1 aromatic carbocycles. The van der Waals surface area contributed by atoms with Crippen LogP contribution >= 0.6 is 0 Å². The van der Waals surface area contributed by atoms with Crippen LogP contribution in [0.5, 0.6) is 6.01 Å². The van der Waals surface area contributed by atoms with Crippen LogP contribution in [0.15, 0.2) is 48.0 Å². The molecule has 1 heterocycles. The second-order valence-electron chi connectivity index (χ2n) is 4.04. The fourth-order valence-corrected chi connectivity index (χ4v) is 1.75. The van der Waals surface area contributed by atoms with E-state index in [9.17, 15) is 4.79 Å². The molecule has 0 radical (unpaired) electrons. The van der Waals surface area contributed by atoms with E-state index < -0.39 is 0 Å². The number of hydrogen-bond acceptors (Lipinski definition) is 5. The third kappa shape index (κ3) is 3.74. The van der Waals surface area contributed by atoms with Gasteiger partial charge in [-0.05, 0) is 12.0 Å². The monoisotopic (exact) mass is 258 g/mol. The first kappa shape index (κ1) is 12.9. The number of nitrogens with zero attached hydrogens (tertiary/aromatic N) is 3. The van der Waals surface area contributed by atoms with Crippen molar-refractivity contribution >= 4 is 5.78 Å². The zero-order valence-electron chi connectivity index (χ0n) is 10.3. The van der Waals surface area contributed by atoms with Gasteiger partial charge in [0.05, 0.1) is 6.54 Å². The highest BCUT2D eigenvalue weighted by Crippen LogP contribution is 2.09. The largest absolute Gasteiger partial charge is 0.328 e. The van der Waals surface area contributed by atoms with E-state index in [0.29, 0.717) is 12.8 Å². The van der Waals surface area contributed by atoms with E-state index in [1.54, 1.807) is 6.20 Å². The van der Waals surface area contributed by atoms with E-state index in [4.69, 9.17) is 5.53 Å². The predicted octanol–water partition coefficient (Wildman–Crippen LogP) is 2.41. The maximum atomic E-state index is 11.9. The molecule has 2 rings (SSSR count). The van der Waals surface area contributed by atoms with Crippen molar-refractivity contribution in [2.24, 2.45) is 5.28 Å². The number of aromatic nitrogens is 2. The molecule has 1 N–H and O–H groups in total. The Morgan fingerprint density at radius 3 is 2.89 bits per heavy atom. The van der Waals surface area contributed by atoms with Gasteiger partial charge in [0, 0.05) is 24.1 Å². The molecule has 0 atom stereocenters. The molecule has 0 fully saturated rings. The number of benzene rings is 1. The molecule has 6 nitrogen and oxygen atoms in total. The molecule has 0 amide bonds. The van der Waals surface area contributed by atoms with Crippen molar-refractivity contribution in [2.75, 3.05) is 0 Å². The Labute approximate surface area is 110 Å². The average molecular weight is 258 g/mol. The Balaban J connectivity index is 1.87. The molecule has 1 aromatic heterocycles. The van der Waals surface area contributed by atoms with Gasteiger partial charge in [-0.2, -0.15) is 5.53 Å². The van der Waals surface area contributed by atoms with Crippen LogP contribution in [0.4, 0.5) is 0 Å². The summed E-state index contributed by atoms with van der Waals surface area (Å²) in [5.41, 5.74) is 7.75. The minimum atomic E-state index is 0.0803. The summed E-state index contributed by atoms with van der Waals surface area (Å²) in [4.78, 5) is 20.3. The molecule has 0 saturated heterocycles. The van der Waals surface area contributed by atoms with Gasteiger partial charge < -0.3 is 0 Å². The molecule has 0 bridgehead atoms. The van der Waals surface area contributed by atoms with Gasteiger partial charge in [-0.3, -0.25) is 14.2 Å². The first-order valence-corrected chi connectivity index (χ1v) is 5.90. The van der Waals surface area contributed by atoms with Crippen LogP contribution in [-0.2, 0) is 17.8 Å². The van der Waals surface area contributed by atoms with Gasteiger partial charge in [0.1, 0.15) is 0 Å². The van der Waals surface area contributed by atoms with E-state index >= 15 is 0 Å². The summed E-state index contributed by atoms with van der Waals surface area (Å²) in [6, 6.07) is 10.0. The Kier molecular flexibility index (Phi) is 4.39. The lowest BCUT2D eigenvalue weighted by molar-refractivity contribution is -0.119. The fourth-order valence-electron chi connectivity index (χ4n) is 1.75. The van der Waals surface area contributed by atoms with Gasteiger partial charge in [-0.25, -0.2) is 4.98 Å². The highest BCUT2D eigenvalue weighted by molar-refractivity contribution is 5.78. The van der Waals surface area contributed by atoms with Crippen molar-refractivity contribution in [3.05, 3.63) is 48.3 Å². The van der Waals surface area contributed by atoms with Crippen molar-refractivity contribution in [3.8, 4) is 6.01 Å². The Morgan fingerprint density at radius 1 is 1.37 bits per heavy atom. The first-order valence-electron chi connectivity index (χ1n) is 5.90. The number of rotatable bonds is 7. The number of aryl methyl sites for hydroxylation is 1. The topological polar surface area (TPSA) is 80.3 Å². The van der Waals surface area contributed by atoms with Gasteiger partial charge in [0.15, 0.2) is 5.78 Å². The molecule has 6 heteroatoms. The second-order valence-corrected chi connectivity index (χ2v) is 4.04. The van der Waals surface area contributed by atoms with Gasteiger partial charge in [-0.15, -0.1) is 0 Å². The van der Waals surface area contributed by atoms with Crippen molar-refractivity contribution in [3.63, 3.8) is 0 Å². The van der Waals surface area contributed by atoms with Gasteiger partial charge in [0.25, 0.3) is 0 Å². The molecular formula is C13H14N4O2. The highest BCUT2D eigenvalue weighted by atomic mass is 16.7. The highest BCUT2D eigenvalue weighted by Gasteiger charge is 2.09. The number of Topliss-reactive ketones (excluding diaryl/α,β-unsaturated/α-hetero) is 1. The van der Waals surface area contributed by atoms with Crippen LogP contribution in [0.2, 0.25) is 0 Å². The molecule has 0 aliphatic rings. The van der Waals surface area contributed by atoms with Crippen molar-refractivity contribution in [1.82, 2.24) is 9.55 Å². The van der Waals surface area contributed by atoms with Crippen molar-refractivity contribution in [1.29, 1.82) is 5.53 Å². The smallest absolute Gasteiger partial charge is 0.299 e. The van der Waals surface area contributed by atoms with Gasteiger partial charge >= 0.3 is 6.01 Å². The molecular weight excluding hydrogens is 244 g/mol. The lowest BCUT2D eigenvalue weighted by Gasteiger charge is -2.04. The predicted molar refractivity (Wildman–Crippen MR) is 67.8 cm³/mol. The lowest BCUT2D eigenvalue weighted by Crippen LogP contribution is -2.11. The molecule has 2 aromatic rings. The Bertz CT molecular complexity index is 551. The van der Waals surface area contributed by atoms with Crippen LogP contribution in [0.25, 0.3) is 0 Å². The summed E-state index contributed by atoms with van der Waals surface area (Å²) < 4.78 is 1.53. The van der Waals surface area contributed by atoms with Gasteiger partial charge in [0.2, 0.25) is 0 Å².